The number of benzene rings is 1. The van der Waals surface area contributed by atoms with Gasteiger partial charge in [-0.15, -0.1) is 4.40 Å². The summed E-state index contributed by atoms with van der Waals surface area (Å²) in [6, 6.07) is 6.76. The number of hydrogen-bond acceptors (Lipinski definition) is 4. The second-order valence-electron chi connectivity index (χ2n) is 7.79. The summed E-state index contributed by atoms with van der Waals surface area (Å²) in [7, 11) is -3.76. The van der Waals surface area contributed by atoms with Crippen molar-refractivity contribution in [2.75, 3.05) is 26.2 Å². The minimum Gasteiger partial charge on any atom is -0.354 e. The molecule has 0 aromatic heterocycles. The predicted octanol–water partition coefficient (Wildman–Crippen LogP) is 3.78. The molecule has 8 heteroatoms. The Hall–Kier alpha value is -1.86. The number of halogens is 1. The van der Waals surface area contributed by atoms with Gasteiger partial charge >= 0.3 is 0 Å². The lowest BCUT2D eigenvalue weighted by Crippen LogP contribution is -2.37. The molecule has 29 heavy (non-hydrogen) atoms. The van der Waals surface area contributed by atoms with Gasteiger partial charge in [-0.05, 0) is 37.0 Å². The molecule has 0 radical (unpaired) electrons. The minimum absolute atomic E-state index is 0.177. The highest BCUT2D eigenvalue weighted by Gasteiger charge is 2.34. The van der Waals surface area contributed by atoms with Crippen LogP contribution in [0, 0.1) is 5.92 Å². The Kier molecular flexibility index (Phi) is 6.69. The van der Waals surface area contributed by atoms with Gasteiger partial charge in [0.2, 0.25) is 5.91 Å². The summed E-state index contributed by atoms with van der Waals surface area (Å²) in [6.07, 6.45) is 2.33. The maximum atomic E-state index is 12.8. The molecule has 1 aromatic rings. The average molecular weight is 438 g/mol. The number of amidine groups is 1. The first kappa shape index (κ1) is 21.8. The van der Waals surface area contributed by atoms with Crippen LogP contribution in [0.1, 0.15) is 45.6 Å². The number of carbonyl (C=O) groups excluding carboxylic acids is 1. The first-order valence-electron chi connectivity index (χ1n) is 10.1. The van der Waals surface area contributed by atoms with Gasteiger partial charge in [0, 0.05) is 43.2 Å². The summed E-state index contributed by atoms with van der Waals surface area (Å²) in [5.41, 5.74) is 1.23. The van der Waals surface area contributed by atoms with Gasteiger partial charge in [0.15, 0.2) is 0 Å². The van der Waals surface area contributed by atoms with Gasteiger partial charge in [-0.3, -0.25) is 4.79 Å². The summed E-state index contributed by atoms with van der Waals surface area (Å²) >= 11 is 5.94. The molecule has 158 valence electrons. The highest BCUT2D eigenvalue weighted by molar-refractivity contribution is 8.00. The zero-order chi connectivity index (χ0) is 21.2. The highest BCUT2D eigenvalue weighted by Crippen LogP contribution is 2.34. The molecule has 3 rings (SSSR count). The average Bonchev–Trinajstić information content (AvgIpc) is 2.83. The molecule has 0 spiro atoms. The zero-order valence-electron chi connectivity index (χ0n) is 17.2. The van der Waals surface area contributed by atoms with Gasteiger partial charge < -0.3 is 9.80 Å². The van der Waals surface area contributed by atoms with Crippen molar-refractivity contribution in [1.29, 1.82) is 0 Å². The fraction of sp³-hybridized carbons (Fsp3) is 0.524. The topological polar surface area (TPSA) is 70.1 Å². The molecule has 2 heterocycles. The summed E-state index contributed by atoms with van der Waals surface area (Å²) in [5, 5.41) is 0.554. The highest BCUT2D eigenvalue weighted by atomic mass is 35.5. The van der Waals surface area contributed by atoms with Gasteiger partial charge in [-0.2, -0.15) is 8.42 Å². The minimum atomic E-state index is -3.76. The lowest BCUT2D eigenvalue weighted by Gasteiger charge is -2.24. The number of hydrogen-bond donors (Lipinski definition) is 0. The molecular formula is C21H28ClN3O3S. The van der Waals surface area contributed by atoms with Crippen LogP contribution < -0.4 is 0 Å². The molecule has 0 unspecified atom stereocenters. The van der Waals surface area contributed by atoms with Crippen LogP contribution in [0.3, 0.4) is 0 Å². The molecular weight excluding hydrogens is 410 g/mol. The van der Waals surface area contributed by atoms with Gasteiger partial charge in [0.25, 0.3) is 10.0 Å². The van der Waals surface area contributed by atoms with E-state index in [1.807, 2.05) is 9.80 Å². The van der Waals surface area contributed by atoms with E-state index in [4.69, 9.17) is 11.6 Å². The quantitative estimate of drug-likeness (QED) is 0.718. The molecule has 6 nitrogen and oxygen atoms in total. The Morgan fingerprint density at radius 2 is 1.86 bits per heavy atom. The molecule has 1 fully saturated rings. The van der Waals surface area contributed by atoms with E-state index in [1.54, 1.807) is 31.2 Å². The van der Waals surface area contributed by atoms with E-state index in [0.717, 1.165) is 12.8 Å². The first-order valence-corrected chi connectivity index (χ1v) is 11.9. The van der Waals surface area contributed by atoms with E-state index in [-0.39, 0.29) is 10.8 Å². The maximum absolute atomic E-state index is 12.8. The van der Waals surface area contributed by atoms with Crippen molar-refractivity contribution in [1.82, 2.24) is 9.80 Å². The molecule has 2 aliphatic rings. The standard InChI is InChI=1S/C21H28ClN3O3S/c1-4-15(2)14-19(26)24-10-5-11-25(13-12-24)21-16(3)20(29(27,28)23-21)17-6-8-18(22)9-7-17/h6-9,15H,4-5,10-14H2,1-3H3/t15-/m1/s1. The number of carbonyl (C=O) groups is 1. The van der Waals surface area contributed by atoms with E-state index >= 15 is 0 Å². The lowest BCUT2D eigenvalue weighted by molar-refractivity contribution is -0.131. The van der Waals surface area contributed by atoms with E-state index in [1.165, 1.54) is 0 Å². The summed E-state index contributed by atoms with van der Waals surface area (Å²) in [4.78, 5) is 16.7. The molecule has 1 saturated heterocycles. The van der Waals surface area contributed by atoms with Crippen LogP contribution in [-0.4, -0.2) is 56.1 Å². The zero-order valence-corrected chi connectivity index (χ0v) is 18.8. The van der Waals surface area contributed by atoms with E-state index < -0.39 is 10.0 Å². The predicted molar refractivity (Wildman–Crippen MR) is 117 cm³/mol. The first-order chi connectivity index (χ1) is 13.7. The van der Waals surface area contributed by atoms with Crippen molar-refractivity contribution in [3.8, 4) is 0 Å². The Balaban J connectivity index is 1.78. The molecule has 1 atom stereocenters. The number of rotatable bonds is 4. The Morgan fingerprint density at radius 3 is 2.52 bits per heavy atom. The number of sulfonamides is 1. The fourth-order valence-electron chi connectivity index (χ4n) is 3.73. The number of nitrogens with zero attached hydrogens (tertiary/aromatic N) is 3. The third-order valence-electron chi connectivity index (χ3n) is 5.62. The van der Waals surface area contributed by atoms with Gasteiger partial charge in [0.1, 0.15) is 10.7 Å². The Labute approximate surface area is 178 Å². The third kappa shape index (κ3) is 4.83. The molecule has 1 aromatic carbocycles. The lowest BCUT2D eigenvalue weighted by atomic mass is 10.0. The normalized spacial score (nSPS) is 20.5. The van der Waals surface area contributed by atoms with Crippen molar-refractivity contribution >= 4 is 38.3 Å². The van der Waals surface area contributed by atoms with Crippen LogP contribution >= 0.6 is 11.6 Å². The molecule has 1 amide bonds. The van der Waals surface area contributed by atoms with Gasteiger partial charge in [-0.25, -0.2) is 0 Å². The summed E-state index contributed by atoms with van der Waals surface area (Å²) in [6.45, 7) is 8.50. The largest absolute Gasteiger partial charge is 0.354 e. The third-order valence-corrected chi connectivity index (χ3v) is 7.34. The summed E-state index contributed by atoms with van der Waals surface area (Å²) in [5.74, 6) is 1.04. The second-order valence-corrected chi connectivity index (χ2v) is 9.77. The smallest absolute Gasteiger partial charge is 0.285 e. The molecule has 0 N–H and O–H groups in total. The Bertz CT molecular complexity index is 938. The van der Waals surface area contributed by atoms with Crippen LogP contribution in [0.15, 0.2) is 34.2 Å². The van der Waals surface area contributed by atoms with Crippen LogP contribution in [0.5, 0.6) is 0 Å². The maximum Gasteiger partial charge on any atom is 0.285 e. The number of amides is 1. The van der Waals surface area contributed by atoms with E-state index in [9.17, 15) is 13.2 Å². The monoisotopic (exact) mass is 437 g/mol. The van der Waals surface area contributed by atoms with Crippen molar-refractivity contribution in [3.63, 3.8) is 0 Å². The van der Waals surface area contributed by atoms with Crippen molar-refractivity contribution in [2.24, 2.45) is 10.3 Å². The van der Waals surface area contributed by atoms with Crippen LogP contribution in [0.2, 0.25) is 5.02 Å². The fourth-order valence-corrected chi connectivity index (χ4v) is 5.34. The molecule has 0 saturated carbocycles. The van der Waals surface area contributed by atoms with Crippen molar-refractivity contribution in [2.45, 2.75) is 40.0 Å². The van der Waals surface area contributed by atoms with Crippen LogP contribution in [-0.2, 0) is 14.8 Å². The van der Waals surface area contributed by atoms with E-state index in [2.05, 4.69) is 18.2 Å². The molecule has 0 bridgehead atoms. The summed E-state index contributed by atoms with van der Waals surface area (Å²) < 4.78 is 29.6. The SMILES string of the molecule is CC[C@@H](C)CC(=O)N1CCCN(C2=NS(=O)(=O)C(c3ccc(Cl)cc3)=C2C)CC1. The molecule has 2 aliphatic heterocycles. The van der Waals surface area contributed by atoms with Crippen LogP contribution in [0.25, 0.3) is 4.91 Å². The van der Waals surface area contributed by atoms with Crippen molar-refractivity contribution in [3.05, 3.63) is 40.4 Å². The van der Waals surface area contributed by atoms with Crippen molar-refractivity contribution < 1.29 is 13.2 Å². The molecule has 0 aliphatic carbocycles. The van der Waals surface area contributed by atoms with Crippen LogP contribution in [0.4, 0.5) is 0 Å². The van der Waals surface area contributed by atoms with Gasteiger partial charge in [0.05, 0.1) is 0 Å². The second kappa shape index (κ2) is 8.88. The Morgan fingerprint density at radius 1 is 1.17 bits per heavy atom. The van der Waals surface area contributed by atoms with E-state index in [0.29, 0.717) is 60.5 Å². The van der Waals surface area contributed by atoms with Gasteiger partial charge in [-0.1, -0.05) is 44.0 Å².